The van der Waals surface area contributed by atoms with Gasteiger partial charge in [-0.2, -0.15) is 0 Å². The summed E-state index contributed by atoms with van der Waals surface area (Å²) in [7, 11) is 0. The minimum Gasteiger partial charge on any atom is -0.508 e. The molecule has 1 aliphatic rings. The zero-order valence-corrected chi connectivity index (χ0v) is 13.8. The summed E-state index contributed by atoms with van der Waals surface area (Å²) < 4.78 is 11.7. The highest BCUT2D eigenvalue weighted by molar-refractivity contribution is 5.52. The first kappa shape index (κ1) is 16.6. The van der Waals surface area contributed by atoms with Gasteiger partial charge in [0.2, 0.25) is 0 Å². The summed E-state index contributed by atoms with van der Waals surface area (Å²) in [6.07, 6.45) is 3.98. The van der Waals surface area contributed by atoms with Gasteiger partial charge < -0.3 is 19.7 Å². The molecule has 24 heavy (non-hydrogen) atoms. The quantitative estimate of drug-likeness (QED) is 0.890. The summed E-state index contributed by atoms with van der Waals surface area (Å²) >= 11 is 0. The van der Waals surface area contributed by atoms with Gasteiger partial charge in [0.1, 0.15) is 11.5 Å². The SMILES string of the molecule is CC1(C)OC[C@H]([C@@H](C=Cc2ccc(O)cc2)c2ccc(O)cc2)O1. The van der Waals surface area contributed by atoms with Gasteiger partial charge in [-0.15, -0.1) is 0 Å². The third kappa shape index (κ3) is 3.96. The van der Waals surface area contributed by atoms with Crippen LogP contribution in [0.3, 0.4) is 0 Å². The molecule has 1 saturated heterocycles. The van der Waals surface area contributed by atoms with Crippen LogP contribution in [0.5, 0.6) is 11.5 Å². The maximum Gasteiger partial charge on any atom is 0.163 e. The summed E-state index contributed by atoms with van der Waals surface area (Å²) in [6.45, 7) is 4.33. The van der Waals surface area contributed by atoms with Gasteiger partial charge in [-0.3, -0.25) is 0 Å². The molecule has 126 valence electrons. The third-order valence-electron chi connectivity index (χ3n) is 4.10. The fraction of sp³-hybridized carbons (Fsp3) is 0.300. The fourth-order valence-electron chi connectivity index (χ4n) is 2.84. The monoisotopic (exact) mass is 326 g/mol. The lowest BCUT2D eigenvalue weighted by Crippen LogP contribution is -2.24. The van der Waals surface area contributed by atoms with Crippen molar-refractivity contribution in [3.05, 3.63) is 65.7 Å². The molecule has 0 bridgehead atoms. The van der Waals surface area contributed by atoms with Crippen molar-refractivity contribution in [2.45, 2.75) is 31.7 Å². The van der Waals surface area contributed by atoms with E-state index in [0.717, 1.165) is 11.1 Å². The molecule has 0 aromatic heterocycles. The molecule has 0 amide bonds. The first-order chi connectivity index (χ1) is 11.4. The van der Waals surface area contributed by atoms with E-state index in [0.29, 0.717) is 6.61 Å². The molecule has 3 rings (SSSR count). The van der Waals surface area contributed by atoms with Crippen LogP contribution in [0.25, 0.3) is 6.08 Å². The van der Waals surface area contributed by atoms with E-state index in [1.165, 1.54) is 0 Å². The molecule has 2 N–H and O–H groups in total. The van der Waals surface area contributed by atoms with E-state index in [-0.39, 0.29) is 23.5 Å². The Labute approximate surface area is 142 Å². The van der Waals surface area contributed by atoms with E-state index < -0.39 is 5.79 Å². The van der Waals surface area contributed by atoms with Gasteiger partial charge in [-0.1, -0.05) is 36.4 Å². The van der Waals surface area contributed by atoms with Crippen LogP contribution in [0.15, 0.2) is 54.6 Å². The van der Waals surface area contributed by atoms with E-state index in [2.05, 4.69) is 6.08 Å². The third-order valence-corrected chi connectivity index (χ3v) is 4.10. The van der Waals surface area contributed by atoms with Gasteiger partial charge in [-0.05, 0) is 49.2 Å². The van der Waals surface area contributed by atoms with E-state index in [1.807, 2.05) is 44.2 Å². The van der Waals surface area contributed by atoms with E-state index in [4.69, 9.17) is 9.47 Å². The normalized spacial score (nSPS) is 21.2. The molecule has 1 heterocycles. The van der Waals surface area contributed by atoms with Gasteiger partial charge in [-0.25, -0.2) is 0 Å². The van der Waals surface area contributed by atoms with Crippen molar-refractivity contribution < 1.29 is 19.7 Å². The Morgan fingerprint density at radius 3 is 2.12 bits per heavy atom. The maximum atomic E-state index is 9.52. The van der Waals surface area contributed by atoms with Crippen LogP contribution in [0.1, 0.15) is 30.9 Å². The van der Waals surface area contributed by atoms with Crippen molar-refractivity contribution in [3.63, 3.8) is 0 Å². The summed E-state index contributed by atoms with van der Waals surface area (Å²) in [5, 5.41) is 18.9. The van der Waals surface area contributed by atoms with Gasteiger partial charge in [0.15, 0.2) is 5.79 Å². The maximum absolute atomic E-state index is 9.52. The molecule has 0 aliphatic carbocycles. The molecule has 0 radical (unpaired) electrons. The predicted octanol–water partition coefficient (Wildman–Crippen LogP) is 4.05. The average Bonchev–Trinajstić information content (AvgIpc) is 2.91. The number of phenols is 2. The van der Waals surface area contributed by atoms with Crippen molar-refractivity contribution in [3.8, 4) is 11.5 Å². The summed E-state index contributed by atoms with van der Waals surface area (Å²) in [4.78, 5) is 0. The minimum atomic E-state index is -0.591. The highest BCUT2D eigenvalue weighted by Crippen LogP contribution is 2.34. The molecule has 2 atom stereocenters. The zero-order chi connectivity index (χ0) is 17.2. The second kappa shape index (κ2) is 6.67. The Bertz CT molecular complexity index is 701. The molecule has 1 fully saturated rings. The molecular weight excluding hydrogens is 304 g/mol. The molecule has 1 aliphatic heterocycles. The second-order valence-corrected chi connectivity index (χ2v) is 6.44. The Kier molecular flexibility index (Phi) is 4.60. The molecule has 2 aromatic carbocycles. The Hall–Kier alpha value is -2.30. The second-order valence-electron chi connectivity index (χ2n) is 6.44. The standard InChI is InChI=1S/C20H22O4/c1-20(2)23-13-19(24-20)18(15-6-10-17(22)11-7-15)12-5-14-3-8-16(21)9-4-14/h3-12,18-19,21-22H,13H2,1-2H3/t18-,19+/m0/s1. The molecule has 4 heteroatoms. The topological polar surface area (TPSA) is 58.9 Å². The number of hydrogen-bond donors (Lipinski definition) is 2. The van der Waals surface area contributed by atoms with Crippen LogP contribution >= 0.6 is 0 Å². The Morgan fingerprint density at radius 1 is 1.00 bits per heavy atom. The van der Waals surface area contributed by atoms with Crippen molar-refractivity contribution in [1.82, 2.24) is 0 Å². The largest absolute Gasteiger partial charge is 0.508 e. The van der Waals surface area contributed by atoms with Crippen LogP contribution in [0.4, 0.5) is 0 Å². The van der Waals surface area contributed by atoms with Gasteiger partial charge in [0.25, 0.3) is 0 Å². The zero-order valence-electron chi connectivity index (χ0n) is 13.8. The van der Waals surface area contributed by atoms with Crippen LogP contribution in [0.2, 0.25) is 0 Å². The van der Waals surface area contributed by atoms with Crippen molar-refractivity contribution in [2.75, 3.05) is 6.61 Å². The number of benzene rings is 2. The number of phenolic OH excluding ortho intramolecular Hbond substituents is 2. The molecule has 0 spiro atoms. The summed E-state index contributed by atoms with van der Waals surface area (Å²) in [6, 6.07) is 14.2. The first-order valence-electron chi connectivity index (χ1n) is 8.01. The fourth-order valence-corrected chi connectivity index (χ4v) is 2.84. The lowest BCUT2D eigenvalue weighted by Gasteiger charge is -2.22. The Balaban J connectivity index is 1.87. The summed E-state index contributed by atoms with van der Waals surface area (Å²) in [5.41, 5.74) is 2.05. The number of hydrogen-bond acceptors (Lipinski definition) is 4. The van der Waals surface area contributed by atoms with E-state index >= 15 is 0 Å². The number of rotatable bonds is 4. The van der Waals surface area contributed by atoms with Crippen LogP contribution in [-0.2, 0) is 9.47 Å². The smallest absolute Gasteiger partial charge is 0.163 e. The average molecular weight is 326 g/mol. The molecule has 4 nitrogen and oxygen atoms in total. The van der Waals surface area contributed by atoms with Gasteiger partial charge in [0, 0.05) is 5.92 Å². The number of aromatic hydroxyl groups is 2. The van der Waals surface area contributed by atoms with E-state index in [9.17, 15) is 10.2 Å². The lowest BCUT2D eigenvalue weighted by atomic mass is 9.92. The van der Waals surface area contributed by atoms with Crippen LogP contribution in [0, 0.1) is 0 Å². The highest BCUT2D eigenvalue weighted by Gasteiger charge is 2.37. The van der Waals surface area contributed by atoms with Crippen molar-refractivity contribution >= 4 is 6.08 Å². The highest BCUT2D eigenvalue weighted by atomic mass is 16.7. The summed E-state index contributed by atoms with van der Waals surface area (Å²) in [5.74, 6) is -0.103. The Morgan fingerprint density at radius 2 is 1.58 bits per heavy atom. The first-order valence-corrected chi connectivity index (χ1v) is 8.01. The molecular formula is C20H22O4. The lowest BCUT2D eigenvalue weighted by molar-refractivity contribution is -0.139. The van der Waals surface area contributed by atoms with E-state index in [1.54, 1.807) is 24.3 Å². The minimum absolute atomic E-state index is 0.00109. The van der Waals surface area contributed by atoms with Crippen molar-refractivity contribution in [2.24, 2.45) is 0 Å². The molecule has 0 saturated carbocycles. The van der Waals surface area contributed by atoms with Gasteiger partial charge >= 0.3 is 0 Å². The molecule has 0 unspecified atom stereocenters. The number of ether oxygens (including phenoxy) is 2. The van der Waals surface area contributed by atoms with Crippen molar-refractivity contribution in [1.29, 1.82) is 0 Å². The molecule has 2 aromatic rings. The van der Waals surface area contributed by atoms with Crippen LogP contribution in [-0.4, -0.2) is 28.7 Å². The van der Waals surface area contributed by atoms with Gasteiger partial charge in [0.05, 0.1) is 12.7 Å². The van der Waals surface area contributed by atoms with Crippen LogP contribution < -0.4 is 0 Å². The predicted molar refractivity (Wildman–Crippen MR) is 92.9 cm³/mol.